The fourth-order valence-electron chi connectivity index (χ4n) is 1.79. The van der Waals surface area contributed by atoms with E-state index in [1.807, 2.05) is 25.1 Å². The van der Waals surface area contributed by atoms with E-state index in [4.69, 9.17) is 24.4 Å². The molecule has 0 saturated carbocycles. The number of thiocarbonyl (C=S) groups is 2. The van der Waals surface area contributed by atoms with Gasteiger partial charge in [0.25, 0.3) is 0 Å². The predicted molar refractivity (Wildman–Crippen MR) is 101 cm³/mol. The normalized spacial score (nSPS) is 9.87. The van der Waals surface area contributed by atoms with Crippen LogP contribution in [0.5, 0.6) is 0 Å². The molecule has 23 heavy (non-hydrogen) atoms. The molecule has 0 radical (unpaired) electrons. The molecule has 7 heteroatoms. The van der Waals surface area contributed by atoms with Crippen molar-refractivity contribution in [2.75, 3.05) is 10.6 Å². The molecule has 120 valence electrons. The van der Waals surface area contributed by atoms with Gasteiger partial charge in [0.05, 0.1) is 0 Å². The number of nitrogens with one attached hydrogen (secondary N) is 4. The second-order valence-corrected chi connectivity index (χ2v) is 5.78. The minimum Gasteiger partial charge on any atom is -0.331 e. The number of rotatable bonds is 2. The summed E-state index contributed by atoms with van der Waals surface area (Å²) in [4.78, 5) is 0. The molecule has 2 rings (SSSR count). The Morgan fingerprint density at radius 3 is 1.87 bits per heavy atom. The second-order valence-electron chi connectivity index (χ2n) is 4.96. The van der Waals surface area contributed by atoms with Gasteiger partial charge in [0.2, 0.25) is 0 Å². The summed E-state index contributed by atoms with van der Waals surface area (Å²) < 4.78 is 12.8. The number of hydrogen-bond acceptors (Lipinski definition) is 2. The lowest BCUT2D eigenvalue weighted by Gasteiger charge is -2.15. The zero-order valence-electron chi connectivity index (χ0n) is 12.7. The van der Waals surface area contributed by atoms with E-state index in [0.29, 0.717) is 15.9 Å². The summed E-state index contributed by atoms with van der Waals surface area (Å²) in [6.45, 7) is 4.09. The minimum absolute atomic E-state index is 0.300. The van der Waals surface area contributed by atoms with Crippen LogP contribution in [0.1, 0.15) is 11.1 Å². The van der Waals surface area contributed by atoms with Gasteiger partial charge in [-0.15, -0.1) is 0 Å². The molecule has 0 bridgehead atoms. The first kappa shape index (κ1) is 17.1. The molecule has 0 atom stereocenters. The zero-order valence-corrected chi connectivity index (χ0v) is 14.4. The third-order valence-corrected chi connectivity index (χ3v) is 3.56. The van der Waals surface area contributed by atoms with E-state index in [2.05, 4.69) is 28.4 Å². The number of hydrogen-bond donors (Lipinski definition) is 4. The van der Waals surface area contributed by atoms with Crippen LogP contribution < -0.4 is 21.5 Å². The van der Waals surface area contributed by atoms with Crippen LogP contribution in [0.4, 0.5) is 15.8 Å². The van der Waals surface area contributed by atoms with Crippen molar-refractivity contribution >= 4 is 46.0 Å². The van der Waals surface area contributed by atoms with Crippen molar-refractivity contribution in [2.24, 2.45) is 0 Å². The van der Waals surface area contributed by atoms with Crippen LogP contribution in [0.2, 0.25) is 0 Å². The Balaban J connectivity index is 1.80. The Kier molecular flexibility index (Phi) is 5.84. The van der Waals surface area contributed by atoms with E-state index in [-0.39, 0.29) is 5.82 Å². The molecule has 0 aliphatic carbocycles. The molecule has 0 aromatic heterocycles. The smallest absolute Gasteiger partial charge is 0.189 e. The largest absolute Gasteiger partial charge is 0.331 e. The van der Waals surface area contributed by atoms with Crippen molar-refractivity contribution in [3.63, 3.8) is 0 Å². The maximum atomic E-state index is 12.8. The lowest BCUT2D eigenvalue weighted by atomic mass is 10.1. The van der Waals surface area contributed by atoms with Crippen LogP contribution in [0.15, 0.2) is 42.5 Å². The minimum atomic E-state index is -0.300. The van der Waals surface area contributed by atoms with Crippen LogP contribution in [0, 0.1) is 19.7 Å². The third-order valence-electron chi connectivity index (χ3n) is 3.16. The summed E-state index contributed by atoms with van der Waals surface area (Å²) in [5.41, 5.74) is 9.53. The quantitative estimate of drug-likeness (QED) is 0.491. The molecular weight excluding hydrogens is 331 g/mol. The molecule has 2 aromatic carbocycles. The van der Waals surface area contributed by atoms with Crippen molar-refractivity contribution < 1.29 is 4.39 Å². The highest BCUT2D eigenvalue weighted by Crippen LogP contribution is 2.13. The zero-order chi connectivity index (χ0) is 16.8. The van der Waals surface area contributed by atoms with Crippen LogP contribution in [0.3, 0.4) is 0 Å². The van der Waals surface area contributed by atoms with E-state index < -0.39 is 0 Å². The van der Waals surface area contributed by atoms with Crippen molar-refractivity contribution in [1.29, 1.82) is 0 Å². The van der Waals surface area contributed by atoms with E-state index >= 15 is 0 Å². The Bertz CT molecular complexity index is 717. The highest BCUT2D eigenvalue weighted by atomic mass is 32.1. The number of anilines is 2. The number of benzene rings is 2. The SMILES string of the molecule is Cc1ccc(NC(=S)NNC(=S)Nc2ccc(F)cc2)cc1C. The van der Waals surface area contributed by atoms with Gasteiger partial charge in [0, 0.05) is 11.4 Å². The Morgan fingerprint density at radius 2 is 1.30 bits per heavy atom. The second kappa shape index (κ2) is 7.85. The molecule has 0 aliphatic rings. The predicted octanol–water partition coefficient (Wildman–Crippen LogP) is 3.63. The van der Waals surface area contributed by atoms with Gasteiger partial charge in [-0.2, -0.15) is 0 Å². The topological polar surface area (TPSA) is 48.1 Å². The van der Waals surface area contributed by atoms with Gasteiger partial charge >= 0.3 is 0 Å². The first-order valence-corrected chi connectivity index (χ1v) is 7.72. The van der Waals surface area contributed by atoms with Crippen molar-refractivity contribution in [1.82, 2.24) is 10.9 Å². The average Bonchev–Trinajstić information content (AvgIpc) is 2.51. The van der Waals surface area contributed by atoms with Crippen molar-refractivity contribution in [3.05, 3.63) is 59.4 Å². The maximum absolute atomic E-state index is 12.8. The van der Waals surface area contributed by atoms with Crippen LogP contribution in [-0.2, 0) is 0 Å². The molecule has 0 heterocycles. The first-order valence-electron chi connectivity index (χ1n) is 6.91. The fraction of sp³-hybridized carbons (Fsp3) is 0.125. The average molecular weight is 348 g/mol. The van der Waals surface area contributed by atoms with Crippen molar-refractivity contribution in [2.45, 2.75) is 13.8 Å². The fourth-order valence-corrected chi connectivity index (χ4v) is 2.13. The monoisotopic (exact) mass is 348 g/mol. The number of halogens is 1. The summed E-state index contributed by atoms with van der Waals surface area (Å²) in [6.07, 6.45) is 0. The molecule has 0 spiro atoms. The van der Waals surface area contributed by atoms with E-state index in [0.717, 1.165) is 5.69 Å². The Morgan fingerprint density at radius 1 is 0.783 bits per heavy atom. The van der Waals surface area contributed by atoms with Gasteiger partial charge < -0.3 is 10.6 Å². The molecule has 4 nitrogen and oxygen atoms in total. The third kappa shape index (κ3) is 5.46. The lowest BCUT2D eigenvalue weighted by Crippen LogP contribution is -2.45. The first-order chi connectivity index (χ1) is 10.9. The van der Waals surface area contributed by atoms with E-state index in [1.165, 1.54) is 23.3 Å². The highest BCUT2D eigenvalue weighted by molar-refractivity contribution is 7.81. The number of hydrazine groups is 1. The summed E-state index contributed by atoms with van der Waals surface area (Å²) in [5, 5.41) is 6.67. The molecule has 0 saturated heterocycles. The standard InChI is InChI=1S/C16H17FN4S2/c1-10-3-6-14(9-11(10)2)19-16(23)21-20-15(22)18-13-7-4-12(17)5-8-13/h3-9H,1-2H3,(H2,18,20,22)(H2,19,21,23). The van der Waals surface area contributed by atoms with Crippen LogP contribution >= 0.6 is 24.4 Å². The summed E-state index contributed by atoms with van der Waals surface area (Å²) in [5.74, 6) is -0.300. The maximum Gasteiger partial charge on any atom is 0.189 e. The van der Waals surface area contributed by atoms with Gasteiger partial charge in [0.1, 0.15) is 5.82 Å². The summed E-state index contributed by atoms with van der Waals surface area (Å²) >= 11 is 10.3. The van der Waals surface area contributed by atoms with Gasteiger partial charge in [-0.3, -0.25) is 10.9 Å². The van der Waals surface area contributed by atoms with E-state index in [9.17, 15) is 4.39 Å². The van der Waals surface area contributed by atoms with Gasteiger partial charge in [0.15, 0.2) is 10.2 Å². The van der Waals surface area contributed by atoms with Gasteiger partial charge in [-0.05, 0) is 85.8 Å². The molecule has 0 fully saturated rings. The summed E-state index contributed by atoms with van der Waals surface area (Å²) in [7, 11) is 0. The van der Waals surface area contributed by atoms with Gasteiger partial charge in [-0.25, -0.2) is 4.39 Å². The molecule has 0 unspecified atom stereocenters. The molecule has 4 N–H and O–H groups in total. The lowest BCUT2D eigenvalue weighted by molar-refractivity contribution is 0.628. The Labute approximate surface area is 145 Å². The van der Waals surface area contributed by atoms with Crippen LogP contribution in [0.25, 0.3) is 0 Å². The molecule has 0 aliphatic heterocycles. The van der Waals surface area contributed by atoms with Gasteiger partial charge in [-0.1, -0.05) is 6.07 Å². The summed E-state index contributed by atoms with van der Waals surface area (Å²) in [6, 6.07) is 11.9. The number of aryl methyl sites for hydroxylation is 2. The van der Waals surface area contributed by atoms with Crippen molar-refractivity contribution in [3.8, 4) is 0 Å². The highest BCUT2D eigenvalue weighted by Gasteiger charge is 2.01. The van der Waals surface area contributed by atoms with Crippen LogP contribution in [-0.4, -0.2) is 10.2 Å². The molecule has 0 amide bonds. The van der Waals surface area contributed by atoms with E-state index in [1.54, 1.807) is 12.1 Å². The Hall–Kier alpha value is -2.25. The molecule has 2 aromatic rings. The molecular formula is C16H17FN4S2.